The van der Waals surface area contributed by atoms with Gasteiger partial charge in [0.25, 0.3) is 0 Å². The number of carbonyl (C=O) groups excluding carboxylic acids is 2. The number of carbonyl (C=O) groups is 2. The van der Waals surface area contributed by atoms with E-state index >= 15 is 0 Å². The second-order valence-electron chi connectivity index (χ2n) is 4.99. The molecule has 22 heavy (non-hydrogen) atoms. The van der Waals surface area contributed by atoms with Crippen LogP contribution in [0.4, 0.5) is 0 Å². The van der Waals surface area contributed by atoms with Crippen molar-refractivity contribution in [3.05, 3.63) is 28.8 Å². The molecule has 1 rings (SSSR count). The van der Waals surface area contributed by atoms with Crippen molar-refractivity contribution in [3.8, 4) is 0 Å². The highest BCUT2D eigenvalue weighted by Gasteiger charge is 2.10. The Kier molecular flexibility index (Phi) is 9.25. The molecule has 0 radical (unpaired) electrons. The molecular formula is C17H23ClO3S. The molecule has 0 unspecified atom stereocenters. The van der Waals surface area contributed by atoms with Gasteiger partial charge in [-0.2, -0.15) is 0 Å². The van der Waals surface area contributed by atoms with E-state index in [0.717, 1.165) is 30.6 Å². The molecule has 0 saturated carbocycles. The van der Waals surface area contributed by atoms with Crippen LogP contribution in [0.2, 0.25) is 5.02 Å². The van der Waals surface area contributed by atoms with Crippen molar-refractivity contribution in [2.75, 3.05) is 12.9 Å². The normalized spacial score (nSPS) is 10.5. The van der Waals surface area contributed by atoms with Crippen LogP contribution in [0.3, 0.4) is 0 Å². The number of rotatable bonds is 10. The molecule has 0 aliphatic carbocycles. The maximum absolute atomic E-state index is 12.1. The minimum atomic E-state index is -0.140. The Labute approximate surface area is 141 Å². The van der Waals surface area contributed by atoms with Crippen LogP contribution in [-0.2, 0) is 9.53 Å². The molecule has 0 fully saturated rings. The molecule has 0 aliphatic rings. The number of halogens is 1. The highest BCUT2D eigenvalue weighted by atomic mass is 35.5. The maximum atomic E-state index is 12.1. The third-order valence-electron chi connectivity index (χ3n) is 3.32. The van der Waals surface area contributed by atoms with E-state index in [-0.39, 0.29) is 11.8 Å². The number of ether oxygens (including phenoxy) is 1. The molecule has 0 heterocycles. The molecule has 0 aliphatic heterocycles. The highest BCUT2D eigenvalue weighted by Crippen LogP contribution is 2.25. The first-order valence-corrected chi connectivity index (χ1v) is 9.21. The van der Waals surface area contributed by atoms with Crippen LogP contribution in [0, 0.1) is 0 Å². The van der Waals surface area contributed by atoms with Crippen LogP contribution in [0.5, 0.6) is 0 Å². The largest absolute Gasteiger partial charge is 0.466 e. The first kappa shape index (κ1) is 19.0. The highest BCUT2D eigenvalue weighted by molar-refractivity contribution is 7.98. The monoisotopic (exact) mass is 342 g/mol. The van der Waals surface area contributed by atoms with E-state index < -0.39 is 0 Å². The predicted molar refractivity (Wildman–Crippen MR) is 91.9 cm³/mol. The Morgan fingerprint density at radius 1 is 1.14 bits per heavy atom. The number of hydrogen-bond acceptors (Lipinski definition) is 4. The van der Waals surface area contributed by atoms with Crippen LogP contribution in [0.15, 0.2) is 23.1 Å². The van der Waals surface area contributed by atoms with Crippen LogP contribution in [0.1, 0.15) is 55.8 Å². The SMILES string of the molecule is CCOC(=O)CCCCCCC(=O)c1ccc(SC)cc1Cl. The minimum Gasteiger partial charge on any atom is -0.466 e. The first-order valence-electron chi connectivity index (χ1n) is 7.60. The molecule has 122 valence electrons. The fourth-order valence-electron chi connectivity index (χ4n) is 2.13. The van der Waals surface area contributed by atoms with E-state index in [9.17, 15) is 9.59 Å². The topological polar surface area (TPSA) is 43.4 Å². The van der Waals surface area contributed by atoms with Crippen molar-refractivity contribution in [3.63, 3.8) is 0 Å². The smallest absolute Gasteiger partial charge is 0.305 e. The Morgan fingerprint density at radius 3 is 2.41 bits per heavy atom. The third-order valence-corrected chi connectivity index (χ3v) is 4.35. The summed E-state index contributed by atoms with van der Waals surface area (Å²) >= 11 is 7.75. The Hall–Kier alpha value is -1.000. The Bertz CT molecular complexity index is 503. The van der Waals surface area contributed by atoms with Gasteiger partial charge in [-0.3, -0.25) is 9.59 Å². The van der Waals surface area contributed by atoms with Gasteiger partial charge in [-0.25, -0.2) is 0 Å². The average molecular weight is 343 g/mol. The molecule has 1 aromatic carbocycles. The lowest BCUT2D eigenvalue weighted by atomic mass is 10.0. The molecule has 0 amide bonds. The summed E-state index contributed by atoms with van der Waals surface area (Å²) in [6.07, 6.45) is 6.44. The zero-order chi connectivity index (χ0) is 16.4. The van der Waals surface area contributed by atoms with Gasteiger partial charge >= 0.3 is 5.97 Å². The van der Waals surface area contributed by atoms with Gasteiger partial charge in [0, 0.05) is 23.3 Å². The van der Waals surface area contributed by atoms with Gasteiger partial charge in [-0.05, 0) is 44.2 Å². The molecule has 0 bridgehead atoms. The maximum Gasteiger partial charge on any atom is 0.305 e. The number of thioether (sulfide) groups is 1. The third kappa shape index (κ3) is 6.84. The Balaban J connectivity index is 2.25. The second-order valence-corrected chi connectivity index (χ2v) is 6.28. The summed E-state index contributed by atoms with van der Waals surface area (Å²) in [4.78, 5) is 24.3. The fourth-order valence-corrected chi connectivity index (χ4v) is 2.92. The molecule has 3 nitrogen and oxygen atoms in total. The molecule has 1 aromatic rings. The van der Waals surface area contributed by atoms with Crippen molar-refractivity contribution >= 4 is 35.1 Å². The van der Waals surface area contributed by atoms with Gasteiger partial charge in [0.05, 0.1) is 11.6 Å². The lowest BCUT2D eigenvalue weighted by molar-refractivity contribution is -0.143. The zero-order valence-electron chi connectivity index (χ0n) is 13.2. The van der Waals surface area contributed by atoms with Crippen molar-refractivity contribution < 1.29 is 14.3 Å². The lowest BCUT2D eigenvalue weighted by Crippen LogP contribution is -2.03. The number of hydrogen-bond donors (Lipinski definition) is 0. The Morgan fingerprint density at radius 2 is 1.82 bits per heavy atom. The van der Waals surface area contributed by atoms with E-state index in [1.807, 2.05) is 18.4 Å². The van der Waals surface area contributed by atoms with Crippen molar-refractivity contribution in [1.29, 1.82) is 0 Å². The summed E-state index contributed by atoms with van der Waals surface area (Å²) in [5, 5.41) is 0.527. The van der Waals surface area contributed by atoms with Crippen molar-refractivity contribution in [1.82, 2.24) is 0 Å². The molecule has 0 saturated heterocycles. The molecule has 5 heteroatoms. The number of unbranched alkanes of at least 4 members (excludes halogenated alkanes) is 3. The van der Waals surface area contributed by atoms with Crippen molar-refractivity contribution in [2.45, 2.75) is 50.3 Å². The van der Waals surface area contributed by atoms with Crippen LogP contribution < -0.4 is 0 Å². The number of benzene rings is 1. The van der Waals surface area contributed by atoms with Crippen LogP contribution >= 0.6 is 23.4 Å². The predicted octanol–water partition coefficient (Wildman–Crippen LogP) is 5.15. The number of esters is 1. The van der Waals surface area contributed by atoms with Gasteiger partial charge in [0.15, 0.2) is 5.78 Å². The molecule has 0 atom stereocenters. The summed E-state index contributed by atoms with van der Waals surface area (Å²) in [7, 11) is 0. The van der Waals surface area contributed by atoms with Gasteiger partial charge in [-0.15, -0.1) is 11.8 Å². The zero-order valence-corrected chi connectivity index (χ0v) is 14.8. The van der Waals surface area contributed by atoms with Crippen LogP contribution in [-0.4, -0.2) is 24.6 Å². The molecule has 0 aromatic heterocycles. The summed E-state index contributed by atoms with van der Waals surface area (Å²) < 4.78 is 4.87. The standard InChI is InChI=1S/C17H23ClO3S/c1-3-21-17(20)9-7-5-4-6-8-16(19)14-11-10-13(22-2)12-15(14)18/h10-12H,3-9H2,1-2H3. The van der Waals surface area contributed by atoms with E-state index in [0.29, 0.717) is 30.0 Å². The van der Waals surface area contributed by atoms with E-state index in [4.69, 9.17) is 16.3 Å². The lowest BCUT2D eigenvalue weighted by Gasteiger charge is -2.05. The van der Waals surface area contributed by atoms with Gasteiger partial charge < -0.3 is 4.74 Å². The van der Waals surface area contributed by atoms with Crippen molar-refractivity contribution in [2.24, 2.45) is 0 Å². The minimum absolute atomic E-state index is 0.0862. The summed E-state index contributed by atoms with van der Waals surface area (Å²) in [6, 6.07) is 5.55. The van der Waals surface area contributed by atoms with E-state index in [1.165, 1.54) is 0 Å². The summed E-state index contributed by atoms with van der Waals surface area (Å²) in [5.41, 5.74) is 0.603. The van der Waals surface area contributed by atoms with Gasteiger partial charge in [-0.1, -0.05) is 24.4 Å². The fraction of sp³-hybridized carbons (Fsp3) is 0.529. The average Bonchev–Trinajstić information content (AvgIpc) is 2.50. The first-order chi connectivity index (χ1) is 10.6. The number of Topliss-reactive ketones (excluding diaryl/α,β-unsaturated/α-hetero) is 1. The molecule has 0 spiro atoms. The van der Waals surface area contributed by atoms with Gasteiger partial charge in [0.1, 0.15) is 0 Å². The molecular weight excluding hydrogens is 320 g/mol. The second kappa shape index (κ2) is 10.7. The van der Waals surface area contributed by atoms with E-state index in [1.54, 1.807) is 24.8 Å². The van der Waals surface area contributed by atoms with Gasteiger partial charge in [0.2, 0.25) is 0 Å². The quantitative estimate of drug-likeness (QED) is 0.255. The summed E-state index contributed by atoms with van der Waals surface area (Å²) in [6.45, 7) is 2.24. The van der Waals surface area contributed by atoms with Crippen LogP contribution in [0.25, 0.3) is 0 Å². The summed E-state index contributed by atoms with van der Waals surface area (Å²) in [5.74, 6) is -0.0534. The number of ketones is 1. The van der Waals surface area contributed by atoms with E-state index in [2.05, 4.69) is 0 Å². The molecule has 0 N–H and O–H groups in total.